The Bertz CT molecular complexity index is 875. The van der Waals surface area contributed by atoms with Crippen LogP contribution in [0, 0.1) is 0 Å². The second-order valence-electron chi connectivity index (χ2n) is 6.38. The van der Waals surface area contributed by atoms with E-state index in [9.17, 15) is 13.2 Å². The van der Waals surface area contributed by atoms with Gasteiger partial charge in [-0.3, -0.25) is 9.78 Å². The molecular weight excluding hydrogens is 338 g/mol. The first-order valence-corrected chi connectivity index (χ1v) is 10.1. The molecule has 0 radical (unpaired) electrons. The van der Waals surface area contributed by atoms with E-state index in [1.165, 1.54) is 6.26 Å². The molecule has 0 bridgehead atoms. The van der Waals surface area contributed by atoms with Gasteiger partial charge in [-0.15, -0.1) is 0 Å². The van der Waals surface area contributed by atoms with Crippen molar-refractivity contribution in [3.63, 3.8) is 0 Å². The highest BCUT2D eigenvalue weighted by molar-refractivity contribution is 7.90. The van der Waals surface area contributed by atoms with E-state index in [2.05, 4.69) is 15.6 Å². The maximum atomic E-state index is 12.1. The van der Waals surface area contributed by atoms with E-state index in [1.807, 2.05) is 6.92 Å². The van der Waals surface area contributed by atoms with Crippen molar-refractivity contribution >= 4 is 21.4 Å². The van der Waals surface area contributed by atoms with E-state index in [-0.39, 0.29) is 18.0 Å². The van der Waals surface area contributed by atoms with E-state index in [0.29, 0.717) is 10.6 Å². The smallest absolute Gasteiger partial charge is 0.270 e. The molecule has 1 atom stereocenters. The van der Waals surface area contributed by atoms with Gasteiger partial charge in [0.1, 0.15) is 5.69 Å². The molecule has 7 heteroatoms. The average molecular weight is 359 g/mol. The average Bonchev–Trinajstić information content (AvgIpc) is 3.38. The SMILES string of the molecule is CC(Nc1ccnc(C(=O)NC2CC2)c1)c1ccc(S(C)(=O)=O)cc1. The van der Waals surface area contributed by atoms with Crippen LogP contribution in [-0.2, 0) is 9.84 Å². The van der Waals surface area contributed by atoms with Crippen LogP contribution in [0.5, 0.6) is 0 Å². The first-order valence-electron chi connectivity index (χ1n) is 8.16. The first-order chi connectivity index (χ1) is 11.8. The van der Waals surface area contributed by atoms with Gasteiger partial charge in [0.05, 0.1) is 4.90 Å². The Hall–Kier alpha value is -2.41. The second kappa shape index (κ2) is 6.84. The Labute approximate surface area is 147 Å². The molecule has 2 aromatic rings. The third-order valence-electron chi connectivity index (χ3n) is 4.10. The first kappa shape index (κ1) is 17.4. The van der Waals surface area contributed by atoms with Crippen LogP contribution in [0.1, 0.15) is 41.9 Å². The normalized spacial score (nSPS) is 15.4. The number of hydrogen-bond donors (Lipinski definition) is 2. The highest BCUT2D eigenvalue weighted by atomic mass is 32.2. The van der Waals surface area contributed by atoms with Gasteiger partial charge in [0.15, 0.2) is 9.84 Å². The molecule has 132 valence electrons. The fourth-order valence-electron chi connectivity index (χ4n) is 2.47. The molecular formula is C18H21N3O3S. The highest BCUT2D eigenvalue weighted by Crippen LogP contribution is 2.22. The van der Waals surface area contributed by atoms with Crippen molar-refractivity contribution in [2.24, 2.45) is 0 Å². The Balaban J connectivity index is 1.69. The largest absolute Gasteiger partial charge is 0.378 e. The molecule has 1 aromatic heterocycles. The number of hydrogen-bond acceptors (Lipinski definition) is 5. The van der Waals surface area contributed by atoms with Gasteiger partial charge in [0, 0.05) is 30.2 Å². The van der Waals surface area contributed by atoms with Crippen LogP contribution in [0.3, 0.4) is 0 Å². The molecule has 1 saturated carbocycles. The van der Waals surface area contributed by atoms with Crippen LogP contribution >= 0.6 is 0 Å². The molecule has 25 heavy (non-hydrogen) atoms. The van der Waals surface area contributed by atoms with Crippen molar-refractivity contribution < 1.29 is 13.2 Å². The Morgan fingerprint density at radius 2 is 1.88 bits per heavy atom. The molecule has 0 aliphatic heterocycles. The Morgan fingerprint density at radius 3 is 2.48 bits per heavy atom. The molecule has 1 aliphatic carbocycles. The van der Waals surface area contributed by atoms with Gasteiger partial charge >= 0.3 is 0 Å². The molecule has 6 nitrogen and oxygen atoms in total. The molecule has 1 aromatic carbocycles. The van der Waals surface area contributed by atoms with Crippen LogP contribution in [0.25, 0.3) is 0 Å². The molecule has 1 aliphatic rings. The van der Waals surface area contributed by atoms with Crippen molar-refractivity contribution in [3.05, 3.63) is 53.9 Å². The summed E-state index contributed by atoms with van der Waals surface area (Å²) in [6.07, 6.45) is 4.85. The summed E-state index contributed by atoms with van der Waals surface area (Å²) in [4.78, 5) is 16.5. The zero-order chi connectivity index (χ0) is 18.0. The van der Waals surface area contributed by atoms with Gasteiger partial charge in [0.2, 0.25) is 0 Å². The van der Waals surface area contributed by atoms with Gasteiger partial charge in [-0.2, -0.15) is 0 Å². The van der Waals surface area contributed by atoms with Crippen molar-refractivity contribution in [1.82, 2.24) is 10.3 Å². The maximum Gasteiger partial charge on any atom is 0.270 e. The van der Waals surface area contributed by atoms with Gasteiger partial charge in [-0.25, -0.2) is 8.42 Å². The number of anilines is 1. The lowest BCUT2D eigenvalue weighted by Gasteiger charge is -2.16. The van der Waals surface area contributed by atoms with Crippen molar-refractivity contribution in [2.75, 3.05) is 11.6 Å². The molecule has 2 N–H and O–H groups in total. The zero-order valence-corrected chi connectivity index (χ0v) is 15.0. The summed E-state index contributed by atoms with van der Waals surface area (Å²) in [6, 6.07) is 10.5. The zero-order valence-electron chi connectivity index (χ0n) is 14.2. The summed E-state index contributed by atoms with van der Waals surface area (Å²) in [7, 11) is -3.20. The minimum absolute atomic E-state index is 0.0460. The number of pyridine rings is 1. The topological polar surface area (TPSA) is 88.2 Å². The number of benzene rings is 1. The number of amides is 1. The standard InChI is InChI=1S/C18H21N3O3S/c1-12(13-3-7-16(8-4-13)25(2,23)24)20-15-9-10-19-17(11-15)18(22)21-14-5-6-14/h3-4,7-12,14H,5-6H2,1-2H3,(H,19,20)(H,21,22). The van der Waals surface area contributed by atoms with E-state index >= 15 is 0 Å². The molecule has 1 heterocycles. The third kappa shape index (κ3) is 4.57. The van der Waals surface area contributed by atoms with Gasteiger partial charge in [-0.1, -0.05) is 12.1 Å². The quantitative estimate of drug-likeness (QED) is 0.827. The lowest BCUT2D eigenvalue weighted by molar-refractivity contribution is 0.0946. The van der Waals surface area contributed by atoms with Crippen LogP contribution in [0.2, 0.25) is 0 Å². The molecule has 1 fully saturated rings. The van der Waals surface area contributed by atoms with E-state index in [0.717, 1.165) is 24.1 Å². The second-order valence-corrected chi connectivity index (χ2v) is 8.40. The predicted molar refractivity (Wildman–Crippen MR) is 96.3 cm³/mol. The summed E-state index contributed by atoms with van der Waals surface area (Å²) >= 11 is 0. The summed E-state index contributed by atoms with van der Waals surface area (Å²) in [6.45, 7) is 1.97. The van der Waals surface area contributed by atoms with Crippen molar-refractivity contribution in [2.45, 2.75) is 36.7 Å². The lowest BCUT2D eigenvalue weighted by atomic mass is 10.1. The minimum Gasteiger partial charge on any atom is -0.378 e. The molecule has 0 spiro atoms. The Morgan fingerprint density at radius 1 is 1.20 bits per heavy atom. The number of carbonyl (C=O) groups excluding carboxylic acids is 1. The van der Waals surface area contributed by atoms with Gasteiger partial charge < -0.3 is 10.6 Å². The third-order valence-corrected chi connectivity index (χ3v) is 5.23. The maximum absolute atomic E-state index is 12.1. The molecule has 0 saturated heterocycles. The van der Waals surface area contributed by atoms with E-state index < -0.39 is 9.84 Å². The highest BCUT2D eigenvalue weighted by Gasteiger charge is 2.24. The monoisotopic (exact) mass is 359 g/mol. The summed E-state index contributed by atoms with van der Waals surface area (Å²) in [5.74, 6) is -0.156. The summed E-state index contributed by atoms with van der Waals surface area (Å²) in [5.41, 5.74) is 2.13. The number of nitrogens with zero attached hydrogens (tertiary/aromatic N) is 1. The Kier molecular flexibility index (Phi) is 4.76. The van der Waals surface area contributed by atoms with Crippen LogP contribution in [0.4, 0.5) is 5.69 Å². The van der Waals surface area contributed by atoms with Gasteiger partial charge in [0.25, 0.3) is 5.91 Å². The van der Waals surface area contributed by atoms with E-state index in [1.54, 1.807) is 42.6 Å². The fourth-order valence-corrected chi connectivity index (χ4v) is 3.10. The van der Waals surface area contributed by atoms with Gasteiger partial charge in [-0.05, 0) is 49.6 Å². The fraction of sp³-hybridized carbons (Fsp3) is 0.333. The predicted octanol–water partition coefficient (Wildman–Crippen LogP) is 2.55. The van der Waals surface area contributed by atoms with E-state index in [4.69, 9.17) is 0 Å². The minimum atomic E-state index is -3.20. The number of rotatable bonds is 6. The molecule has 3 rings (SSSR count). The number of carbonyl (C=O) groups is 1. The van der Waals surface area contributed by atoms with Crippen molar-refractivity contribution in [1.29, 1.82) is 0 Å². The van der Waals surface area contributed by atoms with Crippen LogP contribution < -0.4 is 10.6 Å². The summed E-state index contributed by atoms with van der Waals surface area (Å²) < 4.78 is 23.1. The lowest BCUT2D eigenvalue weighted by Crippen LogP contribution is -2.26. The van der Waals surface area contributed by atoms with Crippen molar-refractivity contribution in [3.8, 4) is 0 Å². The summed E-state index contributed by atoms with van der Waals surface area (Å²) in [5, 5.41) is 6.23. The van der Waals surface area contributed by atoms with Crippen LogP contribution in [0.15, 0.2) is 47.5 Å². The number of sulfone groups is 1. The number of aromatic nitrogens is 1. The van der Waals surface area contributed by atoms with Crippen LogP contribution in [-0.4, -0.2) is 31.6 Å². The number of nitrogens with one attached hydrogen (secondary N) is 2. The molecule has 1 unspecified atom stereocenters. The molecule has 1 amide bonds.